The zero-order chi connectivity index (χ0) is 9.40. The summed E-state index contributed by atoms with van der Waals surface area (Å²) in [6.45, 7) is 11.1. The van der Waals surface area contributed by atoms with Crippen LogP contribution in [0.2, 0.25) is 0 Å². The Bertz CT molecular complexity index is 182. The van der Waals surface area contributed by atoms with Crippen LogP contribution in [0, 0.1) is 0 Å². The summed E-state index contributed by atoms with van der Waals surface area (Å²) in [6, 6.07) is 0. The summed E-state index contributed by atoms with van der Waals surface area (Å²) in [7, 11) is 1.63. The van der Waals surface area contributed by atoms with Gasteiger partial charge in [0.2, 0.25) is 0 Å². The van der Waals surface area contributed by atoms with Crippen LogP contribution in [0.15, 0.2) is 36.6 Å². The van der Waals surface area contributed by atoms with Crippen LogP contribution in [-0.4, -0.2) is 20.2 Å². The Kier molecular flexibility index (Phi) is 6.11. The number of hydrogen-bond acceptors (Lipinski definition) is 2. The number of hydrogen-bond donors (Lipinski definition) is 1. The van der Waals surface area contributed by atoms with Crippen molar-refractivity contribution in [2.75, 3.05) is 20.2 Å². The highest BCUT2D eigenvalue weighted by molar-refractivity contribution is 5.28. The van der Waals surface area contributed by atoms with Crippen molar-refractivity contribution in [2.45, 2.75) is 6.92 Å². The number of nitrogens with one attached hydrogen (secondary N) is 1. The third kappa shape index (κ3) is 3.39. The molecular formula is C10H17NO. The van der Waals surface area contributed by atoms with Gasteiger partial charge in [0.05, 0.1) is 7.11 Å². The van der Waals surface area contributed by atoms with Crippen LogP contribution in [0.3, 0.4) is 0 Å². The van der Waals surface area contributed by atoms with Gasteiger partial charge in [0.1, 0.15) is 5.76 Å². The normalized spacial score (nSPS) is 11.8. The van der Waals surface area contributed by atoms with E-state index in [1.54, 1.807) is 19.3 Å². The minimum atomic E-state index is 0.773. The fourth-order valence-electron chi connectivity index (χ4n) is 0.865. The van der Waals surface area contributed by atoms with Crippen LogP contribution >= 0.6 is 0 Å². The molecule has 0 saturated carbocycles. The van der Waals surface area contributed by atoms with Crippen LogP contribution in [0.25, 0.3) is 0 Å². The van der Waals surface area contributed by atoms with E-state index in [-0.39, 0.29) is 0 Å². The molecule has 0 aromatic carbocycles. The lowest BCUT2D eigenvalue weighted by Gasteiger charge is -2.07. The third-order valence-electron chi connectivity index (χ3n) is 1.53. The maximum Gasteiger partial charge on any atom is 0.122 e. The van der Waals surface area contributed by atoms with Gasteiger partial charge in [0.25, 0.3) is 0 Å². The monoisotopic (exact) mass is 167 g/mol. The average molecular weight is 167 g/mol. The molecule has 0 aromatic rings. The first-order valence-electron chi connectivity index (χ1n) is 4.02. The van der Waals surface area contributed by atoms with Gasteiger partial charge in [-0.3, -0.25) is 0 Å². The summed E-state index contributed by atoms with van der Waals surface area (Å²) in [5.74, 6) is 0.783. The molecule has 0 rings (SSSR count). The van der Waals surface area contributed by atoms with Crippen molar-refractivity contribution in [3.05, 3.63) is 36.6 Å². The molecule has 1 N–H and O–H groups in total. The first-order chi connectivity index (χ1) is 5.79. The fourth-order valence-corrected chi connectivity index (χ4v) is 0.865. The van der Waals surface area contributed by atoms with Gasteiger partial charge >= 0.3 is 0 Å². The quantitative estimate of drug-likeness (QED) is 0.481. The molecule has 12 heavy (non-hydrogen) atoms. The van der Waals surface area contributed by atoms with Gasteiger partial charge in [-0.25, -0.2) is 0 Å². The highest BCUT2D eigenvalue weighted by Crippen LogP contribution is 2.06. The Morgan fingerprint density at radius 3 is 2.42 bits per heavy atom. The predicted octanol–water partition coefficient (Wildman–Crippen LogP) is 1.87. The van der Waals surface area contributed by atoms with Gasteiger partial charge in [-0.2, -0.15) is 0 Å². The molecule has 0 aliphatic heterocycles. The Labute approximate surface area is 74.6 Å². The van der Waals surface area contributed by atoms with Gasteiger partial charge in [0, 0.05) is 12.1 Å². The molecule has 2 nitrogen and oxygen atoms in total. The van der Waals surface area contributed by atoms with E-state index in [0.29, 0.717) is 0 Å². The Hall–Kier alpha value is -1.02. The Morgan fingerprint density at radius 1 is 1.42 bits per heavy atom. The molecule has 0 heterocycles. The Balaban J connectivity index is 4.34. The van der Waals surface area contributed by atoms with Crippen molar-refractivity contribution in [1.29, 1.82) is 0 Å². The molecule has 0 aliphatic rings. The second-order valence-corrected chi connectivity index (χ2v) is 2.28. The molecule has 68 valence electrons. The number of ether oxygens (including phenoxy) is 1. The van der Waals surface area contributed by atoms with Crippen molar-refractivity contribution < 1.29 is 4.74 Å². The molecular weight excluding hydrogens is 150 g/mol. The van der Waals surface area contributed by atoms with Crippen molar-refractivity contribution in [1.82, 2.24) is 5.32 Å². The molecule has 0 atom stereocenters. The van der Waals surface area contributed by atoms with Crippen molar-refractivity contribution in [3.8, 4) is 0 Å². The number of allylic oxidation sites excluding steroid dienone is 1. The summed E-state index contributed by atoms with van der Waals surface area (Å²) in [6.07, 6.45) is 3.47. The summed E-state index contributed by atoms with van der Waals surface area (Å²) in [4.78, 5) is 0. The highest BCUT2D eigenvalue weighted by Gasteiger charge is 1.98. The van der Waals surface area contributed by atoms with Gasteiger partial charge in [-0.05, 0) is 12.6 Å². The summed E-state index contributed by atoms with van der Waals surface area (Å²) < 4.78 is 5.10. The maximum atomic E-state index is 5.10. The van der Waals surface area contributed by atoms with E-state index in [1.165, 1.54) is 0 Å². The molecule has 0 amide bonds. The predicted molar refractivity (Wildman–Crippen MR) is 53.0 cm³/mol. The van der Waals surface area contributed by atoms with Gasteiger partial charge < -0.3 is 10.1 Å². The van der Waals surface area contributed by atoms with Gasteiger partial charge in [0.15, 0.2) is 0 Å². The van der Waals surface area contributed by atoms with Gasteiger partial charge in [-0.15, -0.1) is 0 Å². The SMILES string of the molecule is C=C/C(CNCC)=C(\C=C)OC. The van der Waals surface area contributed by atoms with Crippen LogP contribution in [0.4, 0.5) is 0 Å². The van der Waals surface area contributed by atoms with E-state index in [4.69, 9.17) is 4.74 Å². The van der Waals surface area contributed by atoms with E-state index in [2.05, 4.69) is 25.4 Å². The third-order valence-corrected chi connectivity index (χ3v) is 1.53. The summed E-state index contributed by atoms with van der Waals surface area (Å²) in [5.41, 5.74) is 1.04. The molecule has 0 spiro atoms. The molecule has 0 aromatic heterocycles. The first kappa shape index (κ1) is 11.0. The van der Waals surface area contributed by atoms with E-state index in [9.17, 15) is 0 Å². The smallest absolute Gasteiger partial charge is 0.122 e. The topological polar surface area (TPSA) is 21.3 Å². The molecule has 0 bridgehead atoms. The van der Waals surface area contributed by atoms with E-state index in [0.717, 1.165) is 24.4 Å². The van der Waals surface area contributed by atoms with E-state index < -0.39 is 0 Å². The standard InChI is InChI=1S/C10H17NO/c1-5-9(8-11-7-3)10(6-2)12-4/h5-6,11H,1-2,7-8H2,3-4H3/b10-9-. The maximum absolute atomic E-state index is 5.10. The van der Waals surface area contributed by atoms with E-state index >= 15 is 0 Å². The lowest BCUT2D eigenvalue weighted by atomic mass is 10.2. The summed E-state index contributed by atoms with van der Waals surface area (Å²) in [5, 5.41) is 3.19. The molecule has 0 saturated heterocycles. The average Bonchev–Trinajstić information content (AvgIpc) is 2.12. The molecule has 0 aliphatic carbocycles. The Morgan fingerprint density at radius 2 is 2.08 bits per heavy atom. The van der Waals surface area contributed by atoms with Crippen LogP contribution in [0.1, 0.15) is 6.92 Å². The molecule has 0 unspecified atom stereocenters. The molecule has 0 radical (unpaired) electrons. The zero-order valence-corrected chi connectivity index (χ0v) is 7.89. The molecule has 0 fully saturated rings. The largest absolute Gasteiger partial charge is 0.496 e. The zero-order valence-electron chi connectivity index (χ0n) is 7.89. The second kappa shape index (κ2) is 6.68. The number of likely N-dealkylation sites (N-methyl/N-ethyl adjacent to an activating group) is 1. The summed E-state index contributed by atoms with van der Waals surface area (Å²) >= 11 is 0. The van der Waals surface area contributed by atoms with Crippen LogP contribution < -0.4 is 5.32 Å². The minimum Gasteiger partial charge on any atom is -0.496 e. The fraction of sp³-hybridized carbons (Fsp3) is 0.400. The lowest BCUT2D eigenvalue weighted by molar-refractivity contribution is 0.302. The highest BCUT2D eigenvalue weighted by atomic mass is 16.5. The van der Waals surface area contributed by atoms with Gasteiger partial charge in [-0.1, -0.05) is 26.2 Å². The first-order valence-corrected chi connectivity index (χ1v) is 4.02. The number of methoxy groups -OCH3 is 1. The minimum absolute atomic E-state index is 0.773. The van der Waals surface area contributed by atoms with Crippen molar-refractivity contribution in [2.24, 2.45) is 0 Å². The van der Waals surface area contributed by atoms with Crippen LogP contribution in [0.5, 0.6) is 0 Å². The van der Waals surface area contributed by atoms with E-state index in [1.807, 2.05) is 0 Å². The van der Waals surface area contributed by atoms with Crippen molar-refractivity contribution in [3.63, 3.8) is 0 Å². The van der Waals surface area contributed by atoms with Crippen LogP contribution in [-0.2, 0) is 4.74 Å². The van der Waals surface area contributed by atoms with Crippen molar-refractivity contribution >= 4 is 0 Å². The lowest BCUT2D eigenvalue weighted by Crippen LogP contribution is -2.16. The number of rotatable bonds is 6. The second-order valence-electron chi connectivity index (χ2n) is 2.28. The molecule has 2 heteroatoms.